The lowest BCUT2D eigenvalue weighted by Gasteiger charge is -2.08. The summed E-state index contributed by atoms with van der Waals surface area (Å²) < 4.78 is 2.45. The van der Waals surface area contributed by atoms with Gasteiger partial charge in [0.25, 0.3) is 0 Å². The number of anilines is 1. The summed E-state index contributed by atoms with van der Waals surface area (Å²) in [5, 5.41) is 0. The van der Waals surface area contributed by atoms with Gasteiger partial charge in [-0.25, -0.2) is 4.98 Å². The second kappa shape index (κ2) is 4.26. The van der Waals surface area contributed by atoms with Crippen LogP contribution in [0.3, 0.4) is 0 Å². The number of benzene rings is 1. The Morgan fingerprint density at radius 2 is 2.05 bits per heavy atom. The number of nitrogens with zero attached hydrogens (tertiary/aromatic N) is 2. The van der Waals surface area contributed by atoms with E-state index in [9.17, 15) is 0 Å². The zero-order valence-corrected chi connectivity index (χ0v) is 11.3. The van der Waals surface area contributed by atoms with Gasteiger partial charge in [-0.2, -0.15) is 0 Å². The first-order valence-electron chi connectivity index (χ1n) is 7.57. The maximum atomic E-state index is 5.87. The summed E-state index contributed by atoms with van der Waals surface area (Å²) in [6.07, 6.45) is 8.20. The quantitative estimate of drug-likeness (QED) is 0.828. The van der Waals surface area contributed by atoms with Crippen molar-refractivity contribution in [3.8, 4) is 0 Å². The molecule has 2 aromatic rings. The van der Waals surface area contributed by atoms with Gasteiger partial charge in [0.05, 0.1) is 11.0 Å². The minimum Gasteiger partial charge on any atom is -0.399 e. The number of fused-ring (bicyclic) bond motifs is 1. The Morgan fingerprint density at radius 3 is 2.79 bits per heavy atom. The number of nitrogens with two attached hydrogens (primary N) is 1. The number of aryl methyl sites for hydroxylation is 1. The van der Waals surface area contributed by atoms with E-state index in [2.05, 4.69) is 10.6 Å². The first kappa shape index (κ1) is 11.3. The molecule has 4 rings (SSSR count). The van der Waals surface area contributed by atoms with Gasteiger partial charge in [0, 0.05) is 18.2 Å². The van der Waals surface area contributed by atoms with Gasteiger partial charge in [0.2, 0.25) is 0 Å². The summed E-state index contributed by atoms with van der Waals surface area (Å²) in [4.78, 5) is 4.83. The molecule has 0 aliphatic heterocycles. The normalized spacial score (nSPS) is 19.2. The van der Waals surface area contributed by atoms with Gasteiger partial charge in [0.15, 0.2) is 0 Å². The van der Waals surface area contributed by atoms with E-state index in [1.807, 2.05) is 12.1 Å². The van der Waals surface area contributed by atoms with Gasteiger partial charge < -0.3 is 10.3 Å². The molecule has 1 heterocycles. The summed E-state index contributed by atoms with van der Waals surface area (Å²) in [6.45, 7) is 1.13. The van der Waals surface area contributed by atoms with Gasteiger partial charge in [0.1, 0.15) is 5.82 Å². The Labute approximate surface area is 113 Å². The first-order valence-corrected chi connectivity index (χ1v) is 7.57. The molecule has 1 aromatic carbocycles. The molecule has 100 valence electrons. The van der Waals surface area contributed by atoms with Gasteiger partial charge in [-0.05, 0) is 49.8 Å². The highest BCUT2D eigenvalue weighted by atomic mass is 15.1. The molecule has 2 aliphatic carbocycles. The maximum Gasteiger partial charge on any atom is 0.112 e. The van der Waals surface area contributed by atoms with Crippen molar-refractivity contribution in [3.05, 3.63) is 24.0 Å². The predicted octanol–water partition coefficient (Wildman–Crippen LogP) is 3.69. The molecule has 2 saturated carbocycles. The largest absolute Gasteiger partial charge is 0.399 e. The van der Waals surface area contributed by atoms with Crippen LogP contribution in [0.2, 0.25) is 0 Å². The molecule has 0 spiro atoms. The fraction of sp³-hybridized carbons (Fsp3) is 0.562. The molecule has 2 fully saturated rings. The van der Waals surface area contributed by atoms with Crippen molar-refractivity contribution in [1.29, 1.82) is 0 Å². The van der Waals surface area contributed by atoms with Gasteiger partial charge in [-0.1, -0.05) is 12.8 Å². The van der Waals surface area contributed by atoms with Crippen molar-refractivity contribution >= 4 is 16.7 Å². The van der Waals surface area contributed by atoms with Crippen LogP contribution in [0.1, 0.15) is 50.3 Å². The van der Waals surface area contributed by atoms with Crippen molar-refractivity contribution in [2.24, 2.45) is 5.92 Å². The molecule has 19 heavy (non-hydrogen) atoms. The predicted molar refractivity (Wildman–Crippen MR) is 78.1 cm³/mol. The number of nitrogen functional groups attached to an aromatic ring is 1. The lowest BCUT2D eigenvalue weighted by atomic mass is 10.2. The smallest absolute Gasteiger partial charge is 0.112 e. The van der Waals surface area contributed by atoms with Crippen molar-refractivity contribution in [2.75, 3.05) is 5.73 Å². The van der Waals surface area contributed by atoms with Gasteiger partial charge >= 0.3 is 0 Å². The third kappa shape index (κ3) is 2.22. The Morgan fingerprint density at radius 1 is 1.21 bits per heavy atom. The Balaban J connectivity index is 1.65. The van der Waals surface area contributed by atoms with Crippen LogP contribution < -0.4 is 5.73 Å². The van der Waals surface area contributed by atoms with E-state index in [1.165, 1.54) is 49.9 Å². The molecule has 0 bridgehead atoms. The number of aromatic nitrogens is 2. The Kier molecular flexibility index (Phi) is 2.54. The zero-order chi connectivity index (χ0) is 12.8. The van der Waals surface area contributed by atoms with Gasteiger partial charge in [-0.15, -0.1) is 0 Å². The van der Waals surface area contributed by atoms with Crippen LogP contribution in [0.25, 0.3) is 11.0 Å². The van der Waals surface area contributed by atoms with Crippen LogP contribution in [0.5, 0.6) is 0 Å². The standard InChI is InChI=1S/C16H21N3/c17-13-7-8-15-14(10-13)18-16(12-5-6-12)19(15)9-1-2-11-3-4-11/h7-8,10-12H,1-6,9,17H2. The lowest BCUT2D eigenvalue weighted by molar-refractivity contribution is 0.570. The molecule has 3 nitrogen and oxygen atoms in total. The summed E-state index contributed by atoms with van der Waals surface area (Å²) in [5.41, 5.74) is 9.04. The maximum absolute atomic E-state index is 5.87. The summed E-state index contributed by atoms with van der Waals surface area (Å²) >= 11 is 0. The second-order valence-corrected chi connectivity index (χ2v) is 6.23. The molecular formula is C16H21N3. The van der Waals surface area contributed by atoms with Crippen LogP contribution in [-0.2, 0) is 6.54 Å². The van der Waals surface area contributed by atoms with Crippen LogP contribution >= 0.6 is 0 Å². The monoisotopic (exact) mass is 255 g/mol. The van der Waals surface area contributed by atoms with Crippen molar-refractivity contribution in [1.82, 2.24) is 9.55 Å². The Hall–Kier alpha value is -1.51. The van der Waals surface area contributed by atoms with E-state index in [4.69, 9.17) is 10.7 Å². The van der Waals surface area contributed by atoms with Crippen molar-refractivity contribution in [3.63, 3.8) is 0 Å². The minimum atomic E-state index is 0.703. The third-order valence-corrected chi connectivity index (χ3v) is 4.44. The first-order chi connectivity index (χ1) is 9.31. The minimum absolute atomic E-state index is 0.703. The third-order valence-electron chi connectivity index (χ3n) is 4.44. The van der Waals surface area contributed by atoms with E-state index in [0.717, 1.165) is 23.7 Å². The van der Waals surface area contributed by atoms with E-state index >= 15 is 0 Å². The fourth-order valence-electron chi connectivity index (χ4n) is 3.00. The highest BCUT2D eigenvalue weighted by Gasteiger charge is 2.29. The highest BCUT2D eigenvalue weighted by Crippen LogP contribution is 2.41. The summed E-state index contributed by atoms with van der Waals surface area (Å²) in [6, 6.07) is 6.15. The Bertz CT molecular complexity index is 606. The fourth-order valence-corrected chi connectivity index (χ4v) is 3.00. The van der Waals surface area contributed by atoms with E-state index in [0.29, 0.717) is 5.92 Å². The molecule has 0 saturated heterocycles. The number of hydrogen-bond acceptors (Lipinski definition) is 2. The van der Waals surface area contributed by atoms with Crippen LogP contribution in [0.4, 0.5) is 5.69 Å². The van der Waals surface area contributed by atoms with Crippen LogP contribution in [-0.4, -0.2) is 9.55 Å². The van der Waals surface area contributed by atoms with E-state index < -0.39 is 0 Å². The van der Waals surface area contributed by atoms with E-state index in [-0.39, 0.29) is 0 Å². The molecular weight excluding hydrogens is 234 g/mol. The highest BCUT2D eigenvalue weighted by molar-refractivity contribution is 5.79. The molecule has 1 aromatic heterocycles. The van der Waals surface area contributed by atoms with E-state index in [1.54, 1.807) is 0 Å². The van der Waals surface area contributed by atoms with Gasteiger partial charge in [-0.3, -0.25) is 0 Å². The topological polar surface area (TPSA) is 43.8 Å². The van der Waals surface area contributed by atoms with Crippen LogP contribution in [0, 0.1) is 5.92 Å². The average Bonchev–Trinajstić information content (AvgIpc) is 3.28. The molecule has 0 atom stereocenters. The number of hydrogen-bond donors (Lipinski definition) is 1. The van der Waals surface area contributed by atoms with Crippen LogP contribution in [0.15, 0.2) is 18.2 Å². The summed E-state index contributed by atoms with van der Waals surface area (Å²) in [5.74, 6) is 3.03. The van der Waals surface area contributed by atoms with Crippen molar-refractivity contribution in [2.45, 2.75) is 51.0 Å². The average molecular weight is 255 g/mol. The summed E-state index contributed by atoms with van der Waals surface area (Å²) in [7, 11) is 0. The number of imidazole rings is 1. The zero-order valence-electron chi connectivity index (χ0n) is 11.3. The number of rotatable bonds is 5. The molecule has 3 heteroatoms. The lowest BCUT2D eigenvalue weighted by Crippen LogP contribution is -2.03. The SMILES string of the molecule is Nc1ccc2c(c1)nc(C1CC1)n2CCCC1CC1. The molecule has 0 unspecified atom stereocenters. The second-order valence-electron chi connectivity index (χ2n) is 6.23. The molecule has 2 aliphatic rings. The molecule has 0 radical (unpaired) electrons. The molecule has 2 N–H and O–H groups in total. The van der Waals surface area contributed by atoms with Crippen molar-refractivity contribution < 1.29 is 0 Å². The molecule has 0 amide bonds.